The minimum Gasteiger partial charge on any atom is -0.338 e. The summed E-state index contributed by atoms with van der Waals surface area (Å²) in [6.07, 6.45) is 3.31. The second-order valence-corrected chi connectivity index (χ2v) is 7.97. The first-order chi connectivity index (χ1) is 13.4. The lowest BCUT2D eigenvalue weighted by Gasteiger charge is -2.46. The Labute approximate surface area is 164 Å². The van der Waals surface area contributed by atoms with Crippen molar-refractivity contribution in [3.05, 3.63) is 29.8 Å². The maximum Gasteiger partial charge on any atom is 0.254 e. The Morgan fingerprint density at radius 1 is 1.11 bits per heavy atom. The summed E-state index contributed by atoms with van der Waals surface area (Å²) in [5.41, 5.74) is 0.717. The van der Waals surface area contributed by atoms with Gasteiger partial charge in [-0.05, 0) is 56.9 Å². The standard InChI is InChI=1S/C20H26N6O2/c1-14(2)25-12-4-10-20(19(25)28)11-5-13-26(20)18(27)16-8-6-15(7-9-16)17-21-23-24(3)22-17/h6-9,14H,4-5,10-13H2,1-3H3. The van der Waals surface area contributed by atoms with Crippen LogP contribution in [0.2, 0.25) is 0 Å². The summed E-state index contributed by atoms with van der Waals surface area (Å²) in [6, 6.07) is 7.38. The molecule has 28 heavy (non-hydrogen) atoms. The van der Waals surface area contributed by atoms with Crippen molar-refractivity contribution in [2.75, 3.05) is 13.1 Å². The van der Waals surface area contributed by atoms with Crippen molar-refractivity contribution < 1.29 is 9.59 Å². The van der Waals surface area contributed by atoms with Gasteiger partial charge in [-0.3, -0.25) is 9.59 Å². The normalized spacial score (nSPS) is 22.5. The molecule has 2 aromatic rings. The smallest absolute Gasteiger partial charge is 0.254 e. The molecule has 2 saturated heterocycles. The van der Waals surface area contributed by atoms with Crippen LogP contribution in [-0.2, 0) is 11.8 Å². The summed E-state index contributed by atoms with van der Waals surface area (Å²) in [4.78, 5) is 31.7. The van der Waals surface area contributed by atoms with Crippen molar-refractivity contribution in [2.45, 2.75) is 51.1 Å². The molecule has 1 atom stereocenters. The third-order valence-corrected chi connectivity index (χ3v) is 5.90. The second-order valence-electron chi connectivity index (χ2n) is 7.97. The molecule has 148 valence electrons. The van der Waals surface area contributed by atoms with E-state index in [1.165, 1.54) is 4.80 Å². The molecule has 8 heteroatoms. The van der Waals surface area contributed by atoms with E-state index in [0.29, 0.717) is 17.9 Å². The number of aromatic nitrogens is 4. The predicted molar refractivity (Wildman–Crippen MR) is 103 cm³/mol. The van der Waals surface area contributed by atoms with Gasteiger partial charge in [0.1, 0.15) is 5.54 Å². The molecule has 0 N–H and O–H groups in total. The van der Waals surface area contributed by atoms with Crippen LogP contribution in [0.3, 0.4) is 0 Å². The number of hydrogen-bond donors (Lipinski definition) is 0. The Balaban J connectivity index is 1.59. The average Bonchev–Trinajstić information content (AvgIpc) is 3.30. The van der Waals surface area contributed by atoms with Crippen LogP contribution in [0, 0.1) is 0 Å². The van der Waals surface area contributed by atoms with E-state index in [1.54, 1.807) is 19.2 Å². The Morgan fingerprint density at radius 2 is 1.79 bits per heavy atom. The summed E-state index contributed by atoms with van der Waals surface area (Å²) < 4.78 is 0. The van der Waals surface area contributed by atoms with Crippen LogP contribution in [0.1, 0.15) is 49.9 Å². The maximum atomic E-state index is 13.3. The molecule has 1 aromatic heterocycles. The Hall–Kier alpha value is -2.77. The monoisotopic (exact) mass is 382 g/mol. The van der Waals surface area contributed by atoms with Gasteiger partial charge in [0.15, 0.2) is 0 Å². The van der Waals surface area contributed by atoms with Crippen LogP contribution < -0.4 is 0 Å². The molecular weight excluding hydrogens is 356 g/mol. The van der Waals surface area contributed by atoms with Crippen LogP contribution in [0.25, 0.3) is 11.4 Å². The van der Waals surface area contributed by atoms with Gasteiger partial charge in [0.25, 0.3) is 5.91 Å². The van der Waals surface area contributed by atoms with Crippen LogP contribution in [0.15, 0.2) is 24.3 Å². The number of benzene rings is 1. The van der Waals surface area contributed by atoms with Gasteiger partial charge in [0.2, 0.25) is 11.7 Å². The highest BCUT2D eigenvalue weighted by Crippen LogP contribution is 2.39. The van der Waals surface area contributed by atoms with E-state index >= 15 is 0 Å². The van der Waals surface area contributed by atoms with Crippen LogP contribution >= 0.6 is 0 Å². The molecule has 1 unspecified atom stereocenters. The minimum atomic E-state index is -0.676. The van der Waals surface area contributed by atoms with Crippen molar-refractivity contribution in [3.8, 4) is 11.4 Å². The SMILES string of the molecule is CC(C)N1CCCC2(CCCN2C(=O)c2ccc(-c3nnn(C)n3)cc2)C1=O. The highest BCUT2D eigenvalue weighted by molar-refractivity contribution is 6.00. The number of likely N-dealkylation sites (tertiary alicyclic amines) is 2. The fourth-order valence-corrected chi connectivity index (χ4v) is 4.48. The lowest BCUT2D eigenvalue weighted by molar-refractivity contribution is -0.147. The first-order valence-electron chi connectivity index (χ1n) is 9.90. The van der Waals surface area contributed by atoms with Crippen molar-refractivity contribution in [1.82, 2.24) is 30.0 Å². The molecule has 1 spiro atoms. The minimum absolute atomic E-state index is 0.0740. The van der Waals surface area contributed by atoms with Gasteiger partial charge in [-0.1, -0.05) is 12.1 Å². The van der Waals surface area contributed by atoms with Gasteiger partial charge in [-0.2, -0.15) is 4.80 Å². The van der Waals surface area contributed by atoms with Gasteiger partial charge in [-0.25, -0.2) is 0 Å². The van der Waals surface area contributed by atoms with E-state index in [4.69, 9.17) is 0 Å². The number of rotatable bonds is 3. The van der Waals surface area contributed by atoms with E-state index in [9.17, 15) is 9.59 Å². The highest BCUT2D eigenvalue weighted by Gasteiger charge is 2.53. The lowest BCUT2D eigenvalue weighted by atomic mass is 9.84. The van der Waals surface area contributed by atoms with E-state index in [0.717, 1.165) is 37.8 Å². The van der Waals surface area contributed by atoms with Crippen LogP contribution in [0.4, 0.5) is 0 Å². The molecule has 3 heterocycles. The lowest BCUT2D eigenvalue weighted by Crippen LogP contribution is -2.62. The van der Waals surface area contributed by atoms with Gasteiger partial charge < -0.3 is 9.80 Å². The fourth-order valence-electron chi connectivity index (χ4n) is 4.48. The van der Waals surface area contributed by atoms with Crippen molar-refractivity contribution in [3.63, 3.8) is 0 Å². The van der Waals surface area contributed by atoms with Gasteiger partial charge in [0, 0.05) is 30.3 Å². The van der Waals surface area contributed by atoms with E-state index in [2.05, 4.69) is 15.4 Å². The zero-order valence-electron chi connectivity index (χ0n) is 16.6. The number of carbonyl (C=O) groups excluding carboxylic acids is 2. The maximum absolute atomic E-state index is 13.3. The predicted octanol–water partition coefficient (Wildman–Crippen LogP) is 1.88. The average molecular weight is 382 g/mol. The molecule has 0 bridgehead atoms. The Kier molecular flexibility index (Phi) is 4.64. The van der Waals surface area contributed by atoms with Gasteiger partial charge in [0.05, 0.1) is 7.05 Å². The molecule has 0 saturated carbocycles. The van der Waals surface area contributed by atoms with E-state index in [1.807, 2.05) is 35.8 Å². The summed E-state index contributed by atoms with van der Waals surface area (Å²) >= 11 is 0. The molecule has 2 aliphatic rings. The number of piperidine rings is 1. The molecule has 2 aliphatic heterocycles. The number of nitrogens with zero attached hydrogens (tertiary/aromatic N) is 6. The number of carbonyl (C=O) groups is 2. The molecule has 2 amide bonds. The van der Waals surface area contributed by atoms with Gasteiger partial charge >= 0.3 is 0 Å². The first-order valence-corrected chi connectivity index (χ1v) is 9.90. The van der Waals surface area contributed by atoms with Gasteiger partial charge in [-0.15, -0.1) is 10.2 Å². The highest BCUT2D eigenvalue weighted by atomic mass is 16.2. The molecule has 4 rings (SSSR count). The Morgan fingerprint density at radius 3 is 2.39 bits per heavy atom. The number of amides is 2. The molecule has 1 aromatic carbocycles. The quantitative estimate of drug-likeness (QED) is 0.809. The van der Waals surface area contributed by atoms with Crippen LogP contribution in [-0.4, -0.2) is 66.5 Å². The molecular formula is C20H26N6O2. The zero-order chi connectivity index (χ0) is 19.9. The zero-order valence-corrected chi connectivity index (χ0v) is 16.6. The Bertz CT molecular complexity index is 890. The summed E-state index contributed by atoms with van der Waals surface area (Å²) in [5.74, 6) is 0.560. The fraction of sp³-hybridized carbons (Fsp3) is 0.550. The van der Waals surface area contributed by atoms with E-state index < -0.39 is 5.54 Å². The topological polar surface area (TPSA) is 84.2 Å². The number of tetrazole rings is 1. The molecule has 2 fully saturated rings. The van der Waals surface area contributed by atoms with E-state index in [-0.39, 0.29) is 17.9 Å². The van der Waals surface area contributed by atoms with Crippen LogP contribution in [0.5, 0.6) is 0 Å². The first kappa shape index (κ1) is 18.6. The number of hydrogen-bond acceptors (Lipinski definition) is 5. The van der Waals surface area contributed by atoms with Crippen molar-refractivity contribution in [1.29, 1.82) is 0 Å². The third kappa shape index (κ3) is 2.96. The number of aryl methyl sites for hydroxylation is 1. The molecule has 0 aliphatic carbocycles. The second kappa shape index (κ2) is 7.00. The summed E-state index contributed by atoms with van der Waals surface area (Å²) in [7, 11) is 1.71. The molecule has 8 nitrogen and oxygen atoms in total. The third-order valence-electron chi connectivity index (χ3n) is 5.90. The summed E-state index contributed by atoms with van der Waals surface area (Å²) in [5, 5.41) is 12.0. The summed E-state index contributed by atoms with van der Waals surface area (Å²) in [6.45, 7) is 5.48. The van der Waals surface area contributed by atoms with Crippen molar-refractivity contribution in [2.24, 2.45) is 7.05 Å². The molecule has 0 radical (unpaired) electrons. The largest absolute Gasteiger partial charge is 0.338 e. The van der Waals surface area contributed by atoms with Crippen molar-refractivity contribution >= 4 is 11.8 Å².